The van der Waals surface area contributed by atoms with Gasteiger partial charge in [-0.2, -0.15) is 0 Å². The molecule has 8 heteroatoms. The molecule has 1 heterocycles. The van der Waals surface area contributed by atoms with Gasteiger partial charge in [0.15, 0.2) is 15.0 Å². The number of aromatic nitrogens is 1. The summed E-state index contributed by atoms with van der Waals surface area (Å²) < 4.78 is 30.1. The summed E-state index contributed by atoms with van der Waals surface area (Å²) in [4.78, 5) is 16.9. The maximum atomic E-state index is 12.3. The highest BCUT2D eigenvalue weighted by molar-refractivity contribution is 7.91. The van der Waals surface area contributed by atoms with Gasteiger partial charge in [0, 0.05) is 17.4 Å². The molecule has 1 amide bonds. The molecule has 0 fully saturated rings. The van der Waals surface area contributed by atoms with Crippen molar-refractivity contribution in [3.05, 3.63) is 60.0 Å². The standard InChI is InChI=1S/C22H24N2O4S2/c1-2-14-28-18-12-10-17(11-13-18)20-16-29-22(23-20)24-21(25)9-6-15-30(26,27)19-7-4-3-5-8-19/h3-5,7-8,10-13,16H,2,6,9,14-15H2,1H3,(H,23,24,25). The van der Waals surface area contributed by atoms with Crippen molar-refractivity contribution < 1.29 is 17.9 Å². The van der Waals surface area contributed by atoms with E-state index >= 15 is 0 Å². The van der Waals surface area contributed by atoms with Crippen LogP contribution in [0.3, 0.4) is 0 Å². The van der Waals surface area contributed by atoms with Gasteiger partial charge in [0.25, 0.3) is 0 Å². The van der Waals surface area contributed by atoms with Crippen molar-refractivity contribution in [2.45, 2.75) is 31.1 Å². The average Bonchev–Trinajstić information content (AvgIpc) is 3.21. The topological polar surface area (TPSA) is 85.4 Å². The number of rotatable bonds is 10. The highest BCUT2D eigenvalue weighted by atomic mass is 32.2. The molecule has 6 nitrogen and oxygen atoms in total. The van der Waals surface area contributed by atoms with Crippen LogP contribution in [0.15, 0.2) is 64.9 Å². The lowest BCUT2D eigenvalue weighted by Crippen LogP contribution is -2.14. The van der Waals surface area contributed by atoms with Crippen LogP contribution in [0.25, 0.3) is 11.3 Å². The number of hydrogen-bond acceptors (Lipinski definition) is 6. The average molecular weight is 445 g/mol. The summed E-state index contributed by atoms with van der Waals surface area (Å²) in [5, 5.41) is 5.11. The zero-order chi connectivity index (χ0) is 21.4. The molecule has 3 rings (SSSR count). The predicted molar refractivity (Wildman–Crippen MR) is 120 cm³/mol. The summed E-state index contributed by atoms with van der Waals surface area (Å²) in [6, 6.07) is 15.9. The van der Waals surface area contributed by atoms with E-state index in [0.717, 1.165) is 23.4 Å². The van der Waals surface area contributed by atoms with Crippen LogP contribution in [0.1, 0.15) is 26.2 Å². The first-order chi connectivity index (χ1) is 14.5. The molecule has 1 aromatic heterocycles. The maximum Gasteiger partial charge on any atom is 0.226 e. The number of thiazole rings is 1. The number of anilines is 1. The van der Waals surface area contributed by atoms with Gasteiger partial charge < -0.3 is 10.1 Å². The minimum atomic E-state index is -3.37. The van der Waals surface area contributed by atoms with E-state index in [1.54, 1.807) is 30.3 Å². The number of nitrogens with zero attached hydrogens (tertiary/aromatic N) is 1. The maximum absolute atomic E-state index is 12.3. The van der Waals surface area contributed by atoms with Crippen LogP contribution < -0.4 is 10.1 Å². The highest BCUT2D eigenvalue weighted by Gasteiger charge is 2.15. The lowest BCUT2D eigenvalue weighted by molar-refractivity contribution is -0.116. The lowest BCUT2D eigenvalue weighted by Gasteiger charge is -2.05. The Morgan fingerprint density at radius 3 is 2.53 bits per heavy atom. The zero-order valence-corrected chi connectivity index (χ0v) is 18.3. The van der Waals surface area contributed by atoms with Gasteiger partial charge in [-0.25, -0.2) is 13.4 Å². The van der Waals surface area contributed by atoms with Gasteiger partial charge in [0.2, 0.25) is 5.91 Å². The number of carbonyl (C=O) groups is 1. The van der Waals surface area contributed by atoms with Crippen molar-refractivity contribution in [2.75, 3.05) is 17.7 Å². The van der Waals surface area contributed by atoms with E-state index in [-0.39, 0.29) is 29.4 Å². The van der Waals surface area contributed by atoms with Crippen molar-refractivity contribution in [1.82, 2.24) is 4.98 Å². The summed E-state index contributed by atoms with van der Waals surface area (Å²) in [6.07, 6.45) is 1.32. The van der Waals surface area contributed by atoms with Crippen LogP contribution in [-0.4, -0.2) is 31.7 Å². The number of nitrogens with one attached hydrogen (secondary N) is 1. The molecule has 30 heavy (non-hydrogen) atoms. The Hall–Kier alpha value is -2.71. The fourth-order valence-corrected chi connectivity index (χ4v) is 4.82. The number of benzene rings is 2. The molecule has 0 aliphatic carbocycles. The van der Waals surface area contributed by atoms with E-state index in [4.69, 9.17) is 4.74 Å². The number of amides is 1. The molecule has 3 aromatic rings. The minimum absolute atomic E-state index is 0.0694. The number of carbonyl (C=O) groups excluding carboxylic acids is 1. The molecular formula is C22H24N2O4S2. The van der Waals surface area contributed by atoms with Crippen LogP contribution in [0.4, 0.5) is 5.13 Å². The molecule has 2 aromatic carbocycles. The zero-order valence-electron chi connectivity index (χ0n) is 16.7. The molecule has 0 bridgehead atoms. The van der Waals surface area contributed by atoms with Crippen molar-refractivity contribution in [1.29, 1.82) is 0 Å². The van der Waals surface area contributed by atoms with Gasteiger partial charge in [-0.3, -0.25) is 4.79 Å². The van der Waals surface area contributed by atoms with Crippen LogP contribution in [-0.2, 0) is 14.6 Å². The molecule has 158 valence electrons. The Balaban J connectivity index is 1.50. The van der Waals surface area contributed by atoms with E-state index in [1.165, 1.54) is 11.3 Å². The van der Waals surface area contributed by atoms with E-state index < -0.39 is 9.84 Å². The molecule has 0 saturated carbocycles. The summed E-state index contributed by atoms with van der Waals surface area (Å²) in [5.74, 6) is 0.497. The third kappa shape index (κ3) is 6.14. The normalized spacial score (nSPS) is 11.2. The summed E-state index contributed by atoms with van der Waals surface area (Å²) >= 11 is 1.33. The molecular weight excluding hydrogens is 420 g/mol. The molecule has 0 radical (unpaired) electrons. The van der Waals surface area contributed by atoms with Crippen LogP contribution >= 0.6 is 11.3 Å². The minimum Gasteiger partial charge on any atom is -0.494 e. The van der Waals surface area contributed by atoms with Crippen LogP contribution in [0.5, 0.6) is 5.75 Å². The van der Waals surface area contributed by atoms with Gasteiger partial charge in [-0.05, 0) is 49.2 Å². The third-order valence-electron chi connectivity index (χ3n) is 4.29. The largest absolute Gasteiger partial charge is 0.494 e. The van der Waals surface area contributed by atoms with E-state index in [0.29, 0.717) is 11.7 Å². The van der Waals surface area contributed by atoms with Gasteiger partial charge in [-0.15, -0.1) is 11.3 Å². The Labute approximate surface area is 180 Å². The molecule has 0 unspecified atom stereocenters. The molecule has 1 N–H and O–H groups in total. The first-order valence-corrected chi connectivity index (χ1v) is 12.3. The molecule has 0 spiro atoms. The van der Waals surface area contributed by atoms with E-state index in [1.807, 2.05) is 29.6 Å². The smallest absolute Gasteiger partial charge is 0.226 e. The van der Waals surface area contributed by atoms with Crippen molar-refractivity contribution >= 4 is 32.2 Å². The van der Waals surface area contributed by atoms with Gasteiger partial charge >= 0.3 is 0 Å². The number of sulfone groups is 1. The van der Waals surface area contributed by atoms with Crippen molar-refractivity contribution in [3.8, 4) is 17.0 Å². The van der Waals surface area contributed by atoms with E-state index in [9.17, 15) is 13.2 Å². The van der Waals surface area contributed by atoms with E-state index in [2.05, 4.69) is 17.2 Å². The quantitative estimate of drug-likeness (QED) is 0.486. The summed E-state index contributed by atoms with van der Waals surface area (Å²) in [5.41, 5.74) is 1.70. The fraction of sp³-hybridized carbons (Fsp3) is 0.273. The third-order valence-corrected chi connectivity index (χ3v) is 6.87. The summed E-state index contributed by atoms with van der Waals surface area (Å²) in [7, 11) is -3.37. The number of ether oxygens (including phenoxy) is 1. The van der Waals surface area contributed by atoms with Crippen LogP contribution in [0.2, 0.25) is 0 Å². The van der Waals surface area contributed by atoms with Gasteiger partial charge in [0.05, 0.1) is 22.9 Å². The second-order valence-electron chi connectivity index (χ2n) is 6.69. The first-order valence-electron chi connectivity index (χ1n) is 9.74. The Kier molecular flexibility index (Phi) is 7.59. The molecule has 0 aliphatic heterocycles. The first kappa shape index (κ1) is 22.0. The Morgan fingerprint density at radius 2 is 1.83 bits per heavy atom. The van der Waals surface area contributed by atoms with Gasteiger partial charge in [0.1, 0.15) is 5.75 Å². The van der Waals surface area contributed by atoms with Crippen LogP contribution in [0, 0.1) is 0 Å². The second kappa shape index (κ2) is 10.4. The predicted octanol–water partition coefficient (Wildman–Crippen LogP) is 4.79. The Bertz CT molecular complexity index is 1060. The monoisotopic (exact) mass is 444 g/mol. The lowest BCUT2D eigenvalue weighted by atomic mass is 10.2. The van der Waals surface area contributed by atoms with Crippen molar-refractivity contribution in [2.24, 2.45) is 0 Å². The summed E-state index contributed by atoms with van der Waals surface area (Å²) in [6.45, 7) is 2.74. The highest BCUT2D eigenvalue weighted by Crippen LogP contribution is 2.26. The van der Waals surface area contributed by atoms with Gasteiger partial charge in [-0.1, -0.05) is 25.1 Å². The fourth-order valence-electron chi connectivity index (χ4n) is 2.76. The van der Waals surface area contributed by atoms with Crippen molar-refractivity contribution in [3.63, 3.8) is 0 Å². The second-order valence-corrected chi connectivity index (χ2v) is 9.66. The SMILES string of the molecule is CCCOc1ccc(-c2csc(NC(=O)CCCS(=O)(=O)c3ccccc3)n2)cc1. The Morgan fingerprint density at radius 1 is 1.10 bits per heavy atom. The molecule has 0 aliphatic rings. The number of hydrogen-bond donors (Lipinski definition) is 1. The molecule has 0 saturated heterocycles. The molecule has 0 atom stereocenters.